The number of hydrogen-bond acceptors (Lipinski definition) is 3. The summed E-state index contributed by atoms with van der Waals surface area (Å²) in [4.78, 5) is 15.8. The summed E-state index contributed by atoms with van der Waals surface area (Å²) >= 11 is 0. The van der Waals surface area contributed by atoms with Crippen LogP contribution < -0.4 is 9.30 Å². The van der Waals surface area contributed by atoms with Gasteiger partial charge in [0.2, 0.25) is 5.69 Å². The maximum atomic E-state index is 12.2. The van der Waals surface area contributed by atoms with E-state index in [1.807, 2.05) is 30.3 Å². The van der Waals surface area contributed by atoms with Gasteiger partial charge in [-0.3, -0.25) is 0 Å². The van der Waals surface area contributed by atoms with Crippen molar-refractivity contribution in [1.29, 1.82) is 0 Å². The first-order valence-electron chi connectivity index (χ1n) is 8.93. The third-order valence-corrected chi connectivity index (χ3v) is 5.40. The van der Waals surface area contributed by atoms with Gasteiger partial charge >= 0.3 is 5.97 Å². The average Bonchev–Trinajstić information content (AvgIpc) is 3.09. The van der Waals surface area contributed by atoms with Crippen LogP contribution in [0.15, 0.2) is 48.7 Å². The van der Waals surface area contributed by atoms with E-state index >= 15 is 0 Å². The molecule has 0 saturated carbocycles. The number of rotatable bonds is 2. The summed E-state index contributed by atoms with van der Waals surface area (Å²) < 4.78 is 12.6. The van der Waals surface area contributed by atoms with E-state index in [9.17, 15) is 4.79 Å². The molecule has 1 aliphatic rings. The molecule has 0 spiro atoms. The molecule has 5 rings (SSSR count). The highest BCUT2D eigenvalue weighted by Gasteiger charge is 2.28. The highest BCUT2D eigenvalue weighted by Crippen LogP contribution is 2.35. The van der Waals surface area contributed by atoms with Gasteiger partial charge in [0.15, 0.2) is 12.7 Å². The number of aryl methyl sites for hydroxylation is 2. The lowest BCUT2D eigenvalue weighted by Crippen LogP contribution is -2.40. The minimum atomic E-state index is -0.317. The Bertz CT molecular complexity index is 1220. The van der Waals surface area contributed by atoms with Crippen LogP contribution in [0.5, 0.6) is 5.75 Å². The molecule has 0 aliphatic carbocycles. The molecule has 4 aromatic rings. The van der Waals surface area contributed by atoms with Crippen molar-refractivity contribution >= 4 is 27.6 Å². The SMILES string of the molecule is COC(=O)c1cccc2c[n+]3c(cc12)-c1[nH]c2cc(OC)ccc2c1CC3. The first-order valence-corrected chi connectivity index (χ1v) is 8.93. The van der Waals surface area contributed by atoms with Crippen LogP contribution in [0.25, 0.3) is 33.1 Å². The fourth-order valence-corrected chi connectivity index (χ4v) is 4.07. The number of fused-ring (bicyclic) bond motifs is 6. The van der Waals surface area contributed by atoms with E-state index in [-0.39, 0.29) is 5.97 Å². The molecule has 134 valence electrons. The van der Waals surface area contributed by atoms with Gasteiger partial charge in [-0.25, -0.2) is 4.79 Å². The molecule has 5 heteroatoms. The number of carbonyl (C=O) groups excluding carboxylic acids is 1. The summed E-state index contributed by atoms with van der Waals surface area (Å²) in [6.45, 7) is 0.902. The number of pyridine rings is 1. The van der Waals surface area contributed by atoms with E-state index in [4.69, 9.17) is 9.47 Å². The van der Waals surface area contributed by atoms with Gasteiger partial charge < -0.3 is 14.5 Å². The zero-order valence-electron chi connectivity index (χ0n) is 15.2. The number of nitrogens with one attached hydrogen (secondary N) is 1. The number of aromatic amines is 1. The summed E-state index contributed by atoms with van der Waals surface area (Å²) in [6, 6.07) is 14.0. The number of methoxy groups -OCH3 is 2. The third-order valence-electron chi connectivity index (χ3n) is 5.40. The number of H-pyrrole nitrogens is 1. The van der Waals surface area contributed by atoms with Crippen molar-refractivity contribution < 1.29 is 18.8 Å². The predicted molar refractivity (Wildman–Crippen MR) is 103 cm³/mol. The van der Waals surface area contributed by atoms with Crippen LogP contribution in [-0.2, 0) is 17.7 Å². The van der Waals surface area contributed by atoms with E-state index < -0.39 is 0 Å². The number of ether oxygens (including phenoxy) is 2. The fraction of sp³-hybridized carbons (Fsp3) is 0.182. The van der Waals surface area contributed by atoms with Crippen molar-refractivity contribution in [2.75, 3.05) is 14.2 Å². The van der Waals surface area contributed by atoms with Crippen LogP contribution in [-0.4, -0.2) is 25.2 Å². The number of benzene rings is 2. The molecule has 3 heterocycles. The first kappa shape index (κ1) is 15.9. The van der Waals surface area contributed by atoms with Crippen LogP contribution in [0, 0.1) is 0 Å². The molecule has 0 atom stereocenters. The Morgan fingerprint density at radius 3 is 2.81 bits per heavy atom. The summed E-state index contributed by atoms with van der Waals surface area (Å²) in [5.41, 5.74) is 5.14. The first-order chi connectivity index (χ1) is 13.2. The van der Waals surface area contributed by atoms with Gasteiger partial charge in [0, 0.05) is 34.7 Å². The van der Waals surface area contributed by atoms with Crippen LogP contribution in [0.3, 0.4) is 0 Å². The second kappa shape index (κ2) is 5.84. The number of hydrogen-bond donors (Lipinski definition) is 1. The molecular formula is C22H19N2O3+. The Morgan fingerprint density at radius 2 is 2.00 bits per heavy atom. The van der Waals surface area contributed by atoms with E-state index in [0.717, 1.165) is 46.4 Å². The molecule has 0 amide bonds. The van der Waals surface area contributed by atoms with Crippen molar-refractivity contribution in [3.8, 4) is 17.1 Å². The van der Waals surface area contributed by atoms with Gasteiger partial charge in [-0.15, -0.1) is 0 Å². The van der Waals surface area contributed by atoms with Crippen molar-refractivity contribution in [3.05, 3.63) is 59.8 Å². The standard InChI is InChI=1S/C22H18N2O3/c1-26-14-6-7-15-16-8-9-24-12-13-4-3-5-17(22(25)27-2)18(13)11-20(24)21(16)23-19(15)10-14/h3-7,10-12H,8-9H2,1-2H3/p+1. The lowest BCUT2D eigenvalue weighted by atomic mass is 9.98. The van der Waals surface area contributed by atoms with Crippen molar-refractivity contribution in [2.45, 2.75) is 13.0 Å². The zero-order chi connectivity index (χ0) is 18.5. The molecule has 0 saturated heterocycles. The van der Waals surface area contributed by atoms with E-state index in [1.54, 1.807) is 7.11 Å². The quantitative estimate of drug-likeness (QED) is 0.439. The molecule has 0 fully saturated rings. The Kier molecular flexibility index (Phi) is 3.44. The summed E-state index contributed by atoms with van der Waals surface area (Å²) in [7, 11) is 3.09. The van der Waals surface area contributed by atoms with Crippen molar-refractivity contribution in [3.63, 3.8) is 0 Å². The number of nitrogens with zero attached hydrogens (tertiary/aromatic N) is 1. The highest BCUT2D eigenvalue weighted by atomic mass is 16.5. The largest absolute Gasteiger partial charge is 0.497 e. The second-order valence-electron chi connectivity index (χ2n) is 6.79. The molecule has 0 bridgehead atoms. The summed E-state index contributed by atoms with van der Waals surface area (Å²) in [6.07, 6.45) is 3.08. The lowest BCUT2D eigenvalue weighted by molar-refractivity contribution is -0.686. The van der Waals surface area contributed by atoms with Crippen LogP contribution in [0.2, 0.25) is 0 Å². The smallest absolute Gasteiger partial charge is 0.338 e. The molecule has 1 N–H and O–H groups in total. The Labute approximate surface area is 156 Å². The highest BCUT2D eigenvalue weighted by molar-refractivity contribution is 6.05. The van der Waals surface area contributed by atoms with E-state index in [1.165, 1.54) is 18.1 Å². The minimum Gasteiger partial charge on any atom is -0.497 e. The second-order valence-corrected chi connectivity index (χ2v) is 6.79. The Morgan fingerprint density at radius 1 is 1.11 bits per heavy atom. The molecule has 0 unspecified atom stereocenters. The van der Waals surface area contributed by atoms with Gasteiger partial charge in [-0.2, -0.15) is 4.57 Å². The van der Waals surface area contributed by atoms with E-state index in [0.29, 0.717) is 5.56 Å². The summed E-state index contributed by atoms with van der Waals surface area (Å²) in [5.74, 6) is 0.517. The van der Waals surface area contributed by atoms with Gasteiger partial charge in [0.25, 0.3) is 0 Å². The maximum Gasteiger partial charge on any atom is 0.338 e. The van der Waals surface area contributed by atoms with Gasteiger partial charge in [0.05, 0.1) is 25.3 Å². The molecule has 2 aromatic carbocycles. The molecule has 1 aliphatic heterocycles. The summed E-state index contributed by atoms with van der Waals surface area (Å²) in [5, 5.41) is 3.15. The number of carbonyl (C=O) groups is 1. The molecular weight excluding hydrogens is 340 g/mol. The molecule has 5 nitrogen and oxygen atoms in total. The van der Waals surface area contributed by atoms with Gasteiger partial charge in [0.1, 0.15) is 11.4 Å². The average molecular weight is 359 g/mol. The van der Waals surface area contributed by atoms with Gasteiger partial charge in [-0.05, 0) is 29.8 Å². The monoisotopic (exact) mass is 359 g/mol. The van der Waals surface area contributed by atoms with Crippen LogP contribution >= 0.6 is 0 Å². The molecule has 0 radical (unpaired) electrons. The van der Waals surface area contributed by atoms with Gasteiger partial charge in [-0.1, -0.05) is 6.07 Å². The van der Waals surface area contributed by atoms with Crippen LogP contribution in [0.4, 0.5) is 0 Å². The number of aromatic nitrogens is 2. The fourth-order valence-electron chi connectivity index (χ4n) is 4.07. The maximum absolute atomic E-state index is 12.2. The molecule has 2 aromatic heterocycles. The lowest BCUT2D eigenvalue weighted by Gasteiger charge is -2.13. The van der Waals surface area contributed by atoms with Crippen LogP contribution in [0.1, 0.15) is 15.9 Å². The normalized spacial score (nSPS) is 12.7. The Balaban J connectivity index is 1.78. The number of esters is 1. The Hall–Kier alpha value is -3.34. The zero-order valence-corrected chi connectivity index (χ0v) is 15.2. The van der Waals surface area contributed by atoms with Crippen molar-refractivity contribution in [1.82, 2.24) is 4.98 Å². The van der Waals surface area contributed by atoms with E-state index in [2.05, 4.69) is 27.9 Å². The topological polar surface area (TPSA) is 55.2 Å². The third kappa shape index (κ3) is 2.31. The molecule has 27 heavy (non-hydrogen) atoms. The predicted octanol–water partition coefficient (Wildman–Crippen LogP) is 3.63. The van der Waals surface area contributed by atoms with Crippen molar-refractivity contribution in [2.24, 2.45) is 0 Å². The minimum absolute atomic E-state index is 0.317.